The average Bonchev–Trinajstić information content (AvgIpc) is 3.04. The summed E-state index contributed by atoms with van der Waals surface area (Å²) in [5.74, 6) is -0.929. The highest BCUT2D eigenvalue weighted by Crippen LogP contribution is 2.43. The lowest BCUT2D eigenvalue weighted by atomic mass is 9.85. The van der Waals surface area contributed by atoms with Crippen molar-refractivity contribution in [3.63, 3.8) is 0 Å². The molecule has 0 radical (unpaired) electrons. The molecule has 0 bridgehead atoms. The molecule has 7 heteroatoms. The van der Waals surface area contributed by atoms with E-state index in [-0.39, 0.29) is 26.1 Å². The number of hydrogen-bond acceptors (Lipinski definition) is 3. The first-order chi connectivity index (χ1) is 9.39. The van der Waals surface area contributed by atoms with Crippen molar-refractivity contribution in [2.45, 2.75) is 32.5 Å². The van der Waals surface area contributed by atoms with Gasteiger partial charge < -0.3 is 10.6 Å². The first kappa shape index (κ1) is 15.3. The van der Waals surface area contributed by atoms with E-state index in [0.29, 0.717) is 0 Å². The van der Waals surface area contributed by atoms with Crippen LogP contribution in [0.15, 0.2) is 12.1 Å². The highest BCUT2D eigenvalue weighted by atomic mass is 32.1. The number of aryl methyl sites for hydroxylation is 1. The van der Waals surface area contributed by atoms with Crippen LogP contribution in [-0.2, 0) is 17.8 Å². The van der Waals surface area contributed by atoms with Crippen molar-refractivity contribution in [1.29, 1.82) is 0 Å². The van der Waals surface area contributed by atoms with Gasteiger partial charge in [-0.2, -0.15) is 13.2 Å². The number of halogens is 3. The van der Waals surface area contributed by atoms with Crippen molar-refractivity contribution in [3.8, 4) is 0 Å². The van der Waals surface area contributed by atoms with E-state index in [4.69, 9.17) is 0 Å². The van der Waals surface area contributed by atoms with Gasteiger partial charge >= 0.3 is 6.18 Å². The van der Waals surface area contributed by atoms with Gasteiger partial charge in [-0.3, -0.25) is 4.79 Å². The Labute approximate surface area is 119 Å². The van der Waals surface area contributed by atoms with Crippen LogP contribution in [0.1, 0.15) is 23.1 Å². The molecule has 1 unspecified atom stereocenters. The second kappa shape index (κ2) is 5.73. The fourth-order valence-electron chi connectivity index (χ4n) is 2.30. The molecule has 112 valence electrons. The standard InChI is InChI=1S/C13H17F3N2OS/c1-2-9-3-4-10(20-9)7-18-11(19)12(13(14,15)16)5-6-17-8-12/h3-4,17H,2,5-8H2,1H3,(H,18,19). The van der Waals surface area contributed by atoms with Crippen LogP contribution >= 0.6 is 11.3 Å². The van der Waals surface area contributed by atoms with Crippen molar-refractivity contribution >= 4 is 17.2 Å². The number of carbonyl (C=O) groups excluding carboxylic acids is 1. The SMILES string of the molecule is CCc1ccc(CNC(=O)C2(C(F)(F)F)CCNC2)s1. The minimum Gasteiger partial charge on any atom is -0.350 e. The van der Waals surface area contributed by atoms with Crippen LogP contribution in [0, 0.1) is 5.41 Å². The molecule has 1 amide bonds. The largest absolute Gasteiger partial charge is 0.404 e. The summed E-state index contributed by atoms with van der Waals surface area (Å²) in [6.07, 6.45) is -3.84. The minimum atomic E-state index is -4.52. The van der Waals surface area contributed by atoms with Gasteiger partial charge in [0.15, 0.2) is 5.41 Å². The van der Waals surface area contributed by atoms with E-state index in [9.17, 15) is 18.0 Å². The number of rotatable bonds is 4. The molecule has 0 aliphatic carbocycles. The van der Waals surface area contributed by atoms with Gasteiger partial charge in [0.05, 0.1) is 6.54 Å². The van der Waals surface area contributed by atoms with Gasteiger partial charge in [-0.1, -0.05) is 6.92 Å². The van der Waals surface area contributed by atoms with E-state index >= 15 is 0 Å². The van der Waals surface area contributed by atoms with Crippen molar-refractivity contribution in [2.75, 3.05) is 13.1 Å². The maximum Gasteiger partial charge on any atom is 0.404 e. The molecule has 1 aliphatic heterocycles. The summed E-state index contributed by atoms with van der Waals surface area (Å²) in [5.41, 5.74) is -2.28. The Bertz CT molecular complexity index is 478. The molecule has 1 atom stereocenters. The number of carbonyl (C=O) groups is 1. The summed E-state index contributed by atoms with van der Waals surface area (Å²) in [6.45, 7) is 2.04. The number of amides is 1. The number of alkyl halides is 3. The van der Waals surface area contributed by atoms with Crippen molar-refractivity contribution in [2.24, 2.45) is 5.41 Å². The quantitative estimate of drug-likeness (QED) is 0.897. The molecule has 0 aromatic carbocycles. The molecule has 2 heterocycles. The molecular weight excluding hydrogens is 289 g/mol. The van der Waals surface area contributed by atoms with Crippen LogP contribution in [0.3, 0.4) is 0 Å². The van der Waals surface area contributed by atoms with Crippen LogP contribution in [-0.4, -0.2) is 25.2 Å². The van der Waals surface area contributed by atoms with E-state index < -0.39 is 17.5 Å². The molecule has 1 saturated heterocycles. The van der Waals surface area contributed by atoms with Gasteiger partial charge in [0.25, 0.3) is 0 Å². The van der Waals surface area contributed by atoms with Gasteiger partial charge in [-0.25, -0.2) is 0 Å². The Morgan fingerprint density at radius 2 is 2.15 bits per heavy atom. The lowest BCUT2D eigenvalue weighted by molar-refractivity contribution is -0.216. The van der Waals surface area contributed by atoms with E-state index in [2.05, 4.69) is 10.6 Å². The number of nitrogens with one attached hydrogen (secondary N) is 2. The van der Waals surface area contributed by atoms with Crippen LogP contribution in [0.5, 0.6) is 0 Å². The second-order valence-corrected chi connectivity index (χ2v) is 6.16. The third-order valence-corrected chi connectivity index (χ3v) is 4.85. The zero-order valence-corrected chi connectivity index (χ0v) is 12.0. The van der Waals surface area contributed by atoms with Gasteiger partial charge in [-0.05, 0) is 31.5 Å². The molecule has 0 spiro atoms. The Morgan fingerprint density at radius 3 is 2.65 bits per heavy atom. The van der Waals surface area contributed by atoms with Crippen molar-refractivity contribution in [1.82, 2.24) is 10.6 Å². The number of thiophene rings is 1. The fourth-order valence-corrected chi connectivity index (χ4v) is 3.20. The molecule has 3 nitrogen and oxygen atoms in total. The Hall–Kier alpha value is -1.08. The third-order valence-electron chi connectivity index (χ3n) is 3.62. The van der Waals surface area contributed by atoms with Crippen LogP contribution in [0.4, 0.5) is 13.2 Å². The Kier molecular flexibility index (Phi) is 4.39. The Balaban J connectivity index is 2.03. The van der Waals surface area contributed by atoms with Crippen LogP contribution < -0.4 is 10.6 Å². The predicted molar refractivity (Wildman–Crippen MR) is 71.5 cm³/mol. The molecule has 1 aromatic heterocycles. The summed E-state index contributed by atoms with van der Waals surface area (Å²) in [5, 5.41) is 5.07. The molecule has 2 N–H and O–H groups in total. The van der Waals surface area contributed by atoms with E-state index in [1.54, 1.807) is 0 Å². The molecular formula is C13H17F3N2OS. The average molecular weight is 306 g/mol. The normalized spacial score (nSPS) is 23.0. The van der Waals surface area contributed by atoms with Crippen LogP contribution in [0.2, 0.25) is 0 Å². The summed E-state index contributed by atoms with van der Waals surface area (Å²) < 4.78 is 39.5. The van der Waals surface area contributed by atoms with E-state index in [0.717, 1.165) is 16.2 Å². The zero-order chi connectivity index (χ0) is 14.8. The first-order valence-electron chi connectivity index (χ1n) is 6.52. The predicted octanol–water partition coefficient (Wildman–Crippen LogP) is 2.47. The maximum absolute atomic E-state index is 13.2. The molecule has 1 aliphatic rings. The summed E-state index contributed by atoms with van der Waals surface area (Å²) in [7, 11) is 0. The number of hydrogen-bond donors (Lipinski definition) is 2. The van der Waals surface area contributed by atoms with Crippen molar-refractivity contribution < 1.29 is 18.0 Å². The first-order valence-corrected chi connectivity index (χ1v) is 7.34. The lowest BCUT2D eigenvalue weighted by Gasteiger charge is -2.29. The molecule has 1 aromatic rings. The third kappa shape index (κ3) is 2.83. The van der Waals surface area contributed by atoms with Crippen LogP contribution in [0.25, 0.3) is 0 Å². The van der Waals surface area contributed by atoms with Gasteiger partial charge in [-0.15, -0.1) is 11.3 Å². The minimum absolute atomic E-state index is 0.154. The molecule has 0 saturated carbocycles. The topological polar surface area (TPSA) is 41.1 Å². The van der Waals surface area contributed by atoms with E-state index in [1.807, 2.05) is 19.1 Å². The van der Waals surface area contributed by atoms with Crippen molar-refractivity contribution in [3.05, 3.63) is 21.9 Å². The smallest absolute Gasteiger partial charge is 0.350 e. The maximum atomic E-state index is 13.2. The highest BCUT2D eigenvalue weighted by molar-refractivity contribution is 7.11. The lowest BCUT2D eigenvalue weighted by Crippen LogP contribution is -2.51. The van der Waals surface area contributed by atoms with Gasteiger partial charge in [0.2, 0.25) is 5.91 Å². The molecule has 20 heavy (non-hydrogen) atoms. The van der Waals surface area contributed by atoms with Gasteiger partial charge in [0.1, 0.15) is 0 Å². The highest BCUT2D eigenvalue weighted by Gasteiger charge is 2.61. The fraction of sp³-hybridized carbons (Fsp3) is 0.615. The second-order valence-electron chi connectivity index (χ2n) is 4.91. The molecule has 2 rings (SSSR count). The van der Waals surface area contributed by atoms with E-state index in [1.165, 1.54) is 11.3 Å². The summed E-state index contributed by atoms with van der Waals surface area (Å²) in [6, 6.07) is 3.78. The summed E-state index contributed by atoms with van der Waals surface area (Å²) in [4.78, 5) is 14.0. The zero-order valence-electron chi connectivity index (χ0n) is 11.1. The monoisotopic (exact) mass is 306 g/mol. The molecule has 1 fully saturated rings. The Morgan fingerprint density at radius 1 is 1.45 bits per heavy atom. The van der Waals surface area contributed by atoms with Gasteiger partial charge in [0, 0.05) is 16.3 Å². The summed E-state index contributed by atoms with van der Waals surface area (Å²) >= 11 is 1.51.